The Bertz CT molecular complexity index is 513. The minimum Gasteiger partial charge on any atom is -0.468 e. The molecule has 1 N–H and O–H groups in total. The Hall–Kier alpha value is -2.05. The first-order chi connectivity index (χ1) is 9.88. The van der Waals surface area contributed by atoms with Crippen molar-refractivity contribution in [3.8, 4) is 0 Å². The molecule has 7 heteroatoms. The average molecular weight is 302 g/mol. The monoisotopic (exact) mass is 302 g/mol. The first-order valence-corrected chi connectivity index (χ1v) is 6.45. The third kappa shape index (κ3) is 5.45. The molecular formula is C14H17F3N2O2. The summed E-state index contributed by atoms with van der Waals surface area (Å²) >= 11 is 0. The third-order valence-corrected chi connectivity index (χ3v) is 2.63. The number of aliphatic imine (C=N–C) groups is 1. The van der Waals surface area contributed by atoms with Gasteiger partial charge in [0.1, 0.15) is 0 Å². The van der Waals surface area contributed by atoms with Crippen LogP contribution in [0.1, 0.15) is 35.7 Å². The number of ether oxygens (including phenoxy) is 1. The minimum absolute atomic E-state index is 0.00846. The van der Waals surface area contributed by atoms with Crippen molar-refractivity contribution >= 4 is 11.9 Å². The van der Waals surface area contributed by atoms with Gasteiger partial charge in [0.15, 0.2) is 0 Å². The Morgan fingerprint density at radius 3 is 2.67 bits per heavy atom. The van der Waals surface area contributed by atoms with E-state index in [1.807, 2.05) is 6.92 Å². The predicted molar refractivity (Wildman–Crippen MR) is 73.1 cm³/mol. The lowest BCUT2D eigenvalue weighted by Crippen LogP contribution is -2.32. The quantitative estimate of drug-likeness (QED) is 0.527. The molecule has 0 unspecified atom stereocenters. The van der Waals surface area contributed by atoms with Crippen molar-refractivity contribution in [2.75, 3.05) is 13.7 Å². The van der Waals surface area contributed by atoms with Crippen LogP contribution in [0.3, 0.4) is 0 Å². The zero-order chi connectivity index (χ0) is 15.9. The van der Waals surface area contributed by atoms with Gasteiger partial charge >= 0.3 is 6.18 Å². The van der Waals surface area contributed by atoms with Gasteiger partial charge in [0, 0.05) is 12.1 Å². The van der Waals surface area contributed by atoms with E-state index in [-0.39, 0.29) is 11.6 Å². The van der Waals surface area contributed by atoms with Crippen LogP contribution >= 0.6 is 0 Å². The highest BCUT2D eigenvalue weighted by atomic mass is 19.4. The van der Waals surface area contributed by atoms with Crippen LogP contribution in [0.4, 0.5) is 13.2 Å². The molecule has 0 saturated heterocycles. The van der Waals surface area contributed by atoms with Gasteiger partial charge in [-0.25, -0.2) is 4.99 Å². The number of rotatable bonds is 4. The molecule has 0 aliphatic heterocycles. The van der Waals surface area contributed by atoms with E-state index in [2.05, 4.69) is 10.3 Å². The summed E-state index contributed by atoms with van der Waals surface area (Å²) in [6.07, 6.45) is -2.73. The maximum Gasteiger partial charge on any atom is 0.416 e. The van der Waals surface area contributed by atoms with E-state index in [4.69, 9.17) is 4.74 Å². The number of nitrogens with one attached hydrogen (secondary N) is 1. The van der Waals surface area contributed by atoms with Crippen LogP contribution in [0.5, 0.6) is 0 Å². The summed E-state index contributed by atoms with van der Waals surface area (Å²) in [6, 6.07) is 4.16. The molecule has 0 aliphatic rings. The van der Waals surface area contributed by atoms with Crippen molar-refractivity contribution in [2.45, 2.75) is 25.9 Å². The smallest absolute Gasteiger partial charge is 0.416 e. The van der Waals surface area contributed by atoms with Gasteiger partial charge in [-0.1, -0.05) is 19.4 Å². The van der Waals surface area contributed by atoms with E-state index in [0.29, 0.717) is 6.54 Å². The van der Waals surface area contributed by atoms with Gasteiger partial charge in [-0.05, 0) is 24.6 Å². The summed E-state index contributed by atoms with van der Waals surface area (Å²) < 4.78 is 42.6. The Labute approximate surface area is 121 Å². The molecule has 0 heterocycles. The number of amides is 1. The second kappa shape index (κ2) is 7.66. The Balaban J connectivity index is 2.81. The van der Waals surface area contributed by atoms with Crippen LogP contribution < -0.4 is 5.32 Å². The Morgan fingerprint density at radius 1 is 1.38 bits per heavy atom. The van der Waals surface area contributed by atoms with Crippen LogP contribution in [0.15, 0.2) is 29.3 Å². The molecule has 1 aromatic carbocycles. The lowest BCUT2D eigenvalue weighted by molar-refractivity contribution is -0.137. The molecule has 1 aromatic rings. The molecule has 0 radical (unpaired) electrons. The molecule has 0 fully saturated rings. The van der Waals surface area contributed by atoms with E-state index < -0.39 is 17.6 Å². The largest absolute Gasteiger partial charge is 0.468 e. The molecule has 1 amide bonds. The van der Waals surface area contributed by atoms with Crippen molar-refractivity contribution < 1.29 is 22.7 Å². The highest BCUT2D eigenvalue weighted by Crippen LogP contribution is 2.29. The zero-order valence-electron chi connectivity index (χ0n) is 11.8. The fourth-order valence-corrected chi connectivity index (χ4v) is 1.50. The van der Waals surface area contributed by atoms with Crippen LogP contribution in [0.25, 0.3) is 0 Å². The topological polar surface area (TPSA) is 50.7 Å². The van der Waals surface area contributed by atoms with E-state index in [1.165, 1.54) is 19.2 Å². The van der Waals surface area contributed by atoms with Crippen molar-refractivity contribution in [3.05, 3.63) is 35.4 Å². The van der Waals surface area contributed by atoms with Crippen molar-refractivity contribution in [2.24, 2.45) is 4.99 Å². The number of hydrogen-bond donors (Lipinski definition) is 1. The Kier molecular flexibility index (Phi) is 6.20. The molecule has 1 rings (SSSR count). The van der Waals surface area contributed by atoms with Crippen LogP contribution in [0.2, 0.25) is 0 Å². The normalized spacial score (nSPS) is 12.1. The number of nitrogens with zero attached hydrogens (tertiary/aromatic N) is 1. The number of benzene rings is 1. The lowest BCUT2D eigenvalue weighted by Gasteiger charge is -2.10. The molecular weight excluding hydrogens is 285 g/mol. The number of unbranched alkanes of at least 4 members (excludes halogenated alkanes) is 1. The maximum absolute atomic E-state index is 12.6. The fraction of sp³-hybridized carbons (Fsp3) is 0.429. The van der Waals surface area contributed by atoms with E-state index in [1.54, 1.807) is 0 Å². The van der Waals surface area contributed by atoms with Crippen LogP contribution in [0, 0.1) is 0 Å². The maximum atomic E-state index is 12.6. The number of carbonyl (C=O) groups is 1. The van der Waals surface area contributed by atoms with E-state index >= 15 is 0 Å². The van der Waals surface area contributed by atoms with Gasteiger partial charge in [-0.3, -0.25) is 10.1 Å². The van der Waals surface area contributed by atoms with E-state index in [9.17, 15) is 18.0 Å². The van der Waals surface area contributed by atoms with Crippen molar-refractivity contribution in [1.29, 1.82) is 0 Å². The second-order valence-electron chi connectivity index (χ2n) is 4.28. The highest BCUT2D eigenvalue weighted by Gasteiger charge is 2.30. The molecule has 4 nitrogen and oxygen atoms in total. The molecule has 0 bridgehead atoms. The van der Waals surface area contributed by atoms with Gasteiger partial charge in [-0.2, -0.15) is 13.2 Å². The summed E-state index contributed by atoms with van der Waals surface area (Å²) in [5.41, 5.74) is -0.984. The SMILES string of the molecule is CCCCN=C(NC(=O)c1cccc(C(F)(F)F)c1)OC. The number of amidine groups is 1. The molecule has 116 valence electrons. The van der Waals surface area contributed by atoms with Crippen LogP contribution in [-0.2, 0) is 10.9 Å². The highest BCUT2D eigenvalue weighted by molar-refractivity contribution is 6.04. The standard InChI is InChI=1S/C14H17F3N2O2/c1-3-4-8-18-13(21-2)19-12(20)10-6-5-7-11(9-10)14(15,16)17/h5-7,9H,3-4,8H2,1-2H3,(H,18,19,20). The summed E-state index contributed by atoms with van der Waals surface area (Å²) in [5, 5.41) is 2.34. The molecule has 0 saturated carbocycles. The molecule has 21 heavy (non-hydrogen) atoms. The van der Waals surface area contributed by atoms with Crippen LogP contribution in [-0.4, -0.2) is 25.6 Å². The third-order valence-electron chi connectivity index (χ3n) is 2.63. The Morgan fingerprint density at radius 2 is 2.10 bits per heavy atom. The average Bonchev–Trinajstić information content (AvgIpc) is 2.45. The fourth-order valence-electron chi connectivity index (χ4n) is 1.50. The molecule has 0 aromatic heterocycles. The number of alkyl halides is 3. The molecule has 0 spiro atoms. The summed E-state index contributed by atoms with van der Waals surface area (Å²) in [4.78, 5) is 15.9. The summed E-state index contributed by atoms with van der Waals surface area (Å²) in [6.45, 7) is 2.46. The van der Waals surface area contributed by atoms with Gasteiger partial charge in [-0.15, -0.1) is 0 Å². The molecule has 0 aliphatic carbocycles. The second-order valence-corrected chi connectivity index (χ2v) is 4.28. The predicted octanol–water partition coefficient (Wildman–Crippen LogP) is 3.24. The van der Waals surface area contributed by atoms with Gasteiger partial charge in [0.25, 0.3) is 11.9 Å². The first kappa shape index (κ1) is 17.0. The molecule has 0 atom stereocenters. The first-order valence-electron chi connectivity index (χ1n) is 6.45. The number of carbonyl (C=O) groups excluding carboxylic acids is 1. The van der Waals surface area contributed by atoms with Gasteiger partial charge in [0.05, 0.1) is 12.7 Å². The van der Waals surface area contributed by atoms with Gasteiger partial charge < -0.3 is 4.74 Å². The lowest BCUT2D eigenvalue weighted by atomic mass is 10.1. The van der Waals surface area contributed by atoms with Crippen molar-refractivity contribution in [1.82, 2.24) is 5.32 Å². The number of halogens is 3. The van der Waals surface area contributed by atoms with Gasteiger partial charge in [0.2, 0.25) is 0 Å². The summed E-state index contributed by atoms with van der Waals surface area (Å²) in [5.74, 6) is -0.696. The minimum atomic E-state index is -4.49. The zero-order valence-corrected chi connectivity index (χ0v) is 11.8. The number of hydrogen-bond acceptors (Lipinski definition) is 3. The van der Waals surface area contributed by atoms with E-state index in [0.717, 1.165) is 25.0 Å². The van der Waals surface area contributed by atoms with Crippen molar-refractivity contribution in [3.63, 3.8) is 0 Å². The number of methoxy groups -OCH3 is 1. The summed E-state index contributed by atoms with van der Waals surface area (Å²) in [7, 11) is 1.33.